The van der Waals surface area contributed by atoms with Crippen molar-refractivity contribution in [1.29, 1.82) is 0 Å². The molecule has 4 aromatic heterocycles. The summed E-state index contributed by atoms with van der Waals surface area (Å²) in [7, 11) is 3.37. The van der Waals surface area contributed by atoms with E-state index in [4.69, 9.17) is 16.1 Å². The van der Waals surface area contributed by atoms with E-state index in [0.717, 1.165) is 0 Å². The molecule has 0 aliphatic carbocycles. The van der Waals surface area contributed by atoms with Crippen LogP contribution in [0.3, 0.4) is 0 Å². The summed E-state index contributed by atoms with van der Waals surface area (Å²) in [6, 6.07) is 10.3. The molecule has 2 N–H and O–H groups in total. The zero-order chi connectivity index (χ0) is 23.2. The first-order chi connectivity index (χ1) is 15.8. The summed E-state index contributed by atoms with van der Waals surface area (Å²) in [5.41, 5.74) is 0.357. The molecular formula is C21H19ClN8O3. The molecule has 5 rings (SSSR count). The molecule has 33 heavy (non-hydrogen) atoms. The van der Waals surface area contributed by atoms with Gasteiger partial charge in [-0.1, -0.05) is 22.8 Å². The Kier molecular flexibility index (Phi) is 5.06. The number of amides is 1. The van der Waals surface area contributed by atoms with Crippen LogP contribution in [0, 0.1) is 0 Å². The van der Waals surface area contributed by atoms with Crippen LogP contribution in [0.5, 0.6) is 0 Å². The number of hydrogen-bond donors (Lipinski definition) is 2. The van der Waals surface area contributed by atoms with Gasteiger partial charge in [-0.05, 0) is 18.2 Å². The fourth-order valence-electron chi connectivity index (χ4n) is 3.57. The Bertz CT molecular complexity index is 1330. The number of aliphatic hydroxyl groups is 1. The molecule has 1 aliphatic rings. The van der Waals surface area contributed by atoms with Crippen LogP contribution in [0.25, 0.3) is 22.8 Å². The van der Waals surface area contributed by atoms with Gasteiger partial charge in [-0.15, -0.1) is 0 Å². The van der Waals surface area contributed by atoms with Crippen molar-refractivity contribution in [2.24, 2.45) is 7.05 Å². The quantitative estimate of drug-likeness (QED) is 0.454. The van der Waals surface area contributed by atoms with Gasteiger partial charge in [0.1, 0.15) is 10.8 Å². The molecule has 4 aromatic rings. The number of pyridine rings is 1. The van der Waals surface area contributed by atoms with Crippen LogP contribution in [0.15, 0.2) is 47.1 Å². The summed E-state index contributed by atoms with van der Waals surface area (Å²) < 4.78 is 6.85. The molecule has 0 unspecified atom stereocenters. The van der Waals surface area contributed by atoms with Crippen LogP contribution in [0.1, 0.15) is 12.2 Å². The van der Waals surface area contributed by atoms with E-state index in [1.54, 1.807) is 50.6 Å². The van der Waals surface area contributed by atoms with Crippen molar-refractivity contribution in [2.75, 3.05) is 18.9 Å². The number of nitrogens with one attached hydrogen (secondary N) is 1. The van der Waals surface area contributed by atoms with Gasteiger partial charge in [-0.2, -0.15) is 5.10 Å². The molecule has 12 heteroatoms. The molecular weight excluding hydrogens is 448 g/mol. The molecule has 1 fully saturated rings. The molecule has 1 amide bonds. The lowest BCUT2D eigenvalue weighted by Crippen LogP contribution is -2.35. The van der Waals surface area contributed by atoms with E-state index in [-0.39, 0.29) is 12.2 Å². The van der Waals surface area contributed by atoms with Crippen molar-refractivity contribution in [3.05, 3.63) is 53.5 Å². The van der Waals surface area contributed by atoms with Crippen LogP contribution in [-0.4, -0.2) is 59.4 Å². The van der Waals surface area contributed by atoms with Gasteiger partial charge in [0.05, 0.1) is 17.1 Å². The number of likely N-dealkylation sites (N-methyl/N-ethyl adjacent to an activating group) is 1. The first-order valence-electron chi connectivity index (χ1n) is 10.1. The van der Waals surface area contributed by atoms with E-state index >= 15 is 0 Å². The average Bonchev–Trinajstić information content (AvgIpc) is 3.50. The van der Waals surface area contributed by atoms with Crippen molar-refractivity contribution in [2.45, 2.75) is 12.0 Å². The Morgan fingerprint density at radius 2 is 1.88 bits per heavy atom. The number of carbonyl (C=O) groups excluding carboxylic acids is 1. The highest BCUT2D eigenvalue weighted by Crippen LogP contribution is 2.34. The molecule has 1 atom stereocenters. The Balaban J connectivity index is 1.41. The molecule has 0 spiro atoms. The maximum Gasteiger partial charge on any atom is 0.262 e. The smallest absolute Gasteiger partial charge is 0.262 e. The van der Waals surface area contributed by atoms with Crippen molar-refractivity contribution < 1.29 is 14.4 Å². The highest BCUT2D eigenvalue weighted by Gasteiger charge is 2.48. The Labute approximate surface area is 193 Å². The SMILES string of the molecule is CN1CC[C@@](O)(c2cc(-c3cccc(-c4ccnc(Nc5cc(Cl)n(C)n5)n4)n3)no2)C1=O. The van der Waals surface area contributed by atoms with Gasteiger partial charge >= 0.3 is 0 Å². The van der Waals surface area contributed by atoms with Crippen LogP contribution in [0.2, 0.25) is 5.15 Å². The topological polar surface area (TPSA) is 135 Å². The summed E-state index contributed by atoms with van der Waals surface area (Å²) >= 11 is 6.02. The van der Waals surface area contributed by atoms with Gasteiger partial charge in [-0.3, -0.25) is 9.48 Å². The van der Waals surface area contributed by atoms with Crippen molar-refractivity contribution in [3.63, 3.8) is 0 Å². The first-order valence-corrected chi connectivity index (χ1v) is 10.4. The lowest BCUT2D eigenvalue weighted by atomic mass is 9.98. The second-order valence-corrected chi connectivity index (χ2v) is 8.08. The number of aryl methyl sites for hydroxylation is 1. The first kappa shape index (κ1) is 21.0. The largest absolute Gasteiger partial charge is 0.373 e. The fraction of sp³-hybridized carbons (Fsp3) is 0.238. The van der Waals surface area contributed by atoms with Gasteiger partial charge < -0.3 is 19.8 Å². The van der Waals surface area contributed by atoms with Gasteiger partial charge in [0.15, 0.2) is 11.6 Å². The number of hydrogen-bond acceptors (Lipinski definition) is 9. The normalized spacial score (nSPS) is 18.2. The van der Waals surface area contributed by atoms with Gasteiger partial charge in [0.2, 0.25) is 11.5 Å². The van der Waals surface area contributed by atoms with E-state index in [2.05, 4.69) is 30.5 Å². The molecule has 1 saturated heterocycles. The van der Waals surface area contributed by atoms with Crippen molar-refractivity contribution in [1.82, 2.24) is 34.8 Å². The molecule has 11 nitrogen and oxygen atoms in total. The highest BCUT2D eigenvalue weighted by molar-refractivity contribution is 6.29. The Morgan fingerprint density at radius 3 is 2.58 bits per heavy atom. The molecule has 5 heterocycles. The van der Waals surface area contributed by atoms with E-state index in [0.29, 0.717) is 46.2 Å². The van der Waals surface area contributed by atoms with Gasteiger partial charge in [0, 0.05) is 45.4 Å². The van der Waals surface area contributed by atoms with E-state index in [1.807, 2.05) is 6.07 Å². The number of halogens is 1. The minimum atomic E-state index is -1.71. The van der Waals surface area contributed by atoms with E-state index in [1.165, 1.54) is 9.58 Å². The summed E-state index contributed by atoms with van der Waals surface area (Å²) in [6.45, 7) is 0.438. The van der Waals surface area contributed by atoms with E-state index in [9.17, 15) is 9.90 Å². The zero-order valence-corrected chi connectivity index (χ0v) is 18.5. The summed E-state index contributed by atoms with van der Waals surface area (Å²) in [4.78, 5) is 27.1. The van der Waals surface area contributed by atoms with Crippen LogP contribution in [0.4, 0.5) is 11.8 Å². The number of likely N-dealkylation sites (tertiary alicyclic amines) is 1. The van der Waals surface area contributed by atoms with Gasteiger partial charge in [0.25, 0.3) is 5.91 Å². The third kappa shape index (κ3) is 3.81. The molecule has 168 valence electrons. The lowest BCUT2D eigenvalue weighted by molar-refractivity contribution is -0.144. The molecule has 0 bridgehead atoms. The zero-order valence-electron chi connectivity index (χ0n) is 17.7. The number of anilines is 2. The summed E-state index contributed by atoms with van der Waals surface area (Å²) in [5.74, 6) is 0.537. The second-order valence-electron chi connectivity index (χ2n) is 7.69. The predicted octanol–water partition coefficient (Wildman–Crippen LogP) is 2.37. The van der Waals surface area contributed by atoms with Crippen molar-refractivity contribution >= 4 is 29.3 Å². The predicted molar refractivity (Wildman–Crippen MR) is 118 cm³/mol. The minimum Gasteiger partial charge on any atom is -0.373 e. The second kappa shape index (κ2) is 7.94. The number of carbonyl (C=O) groups is 1. The Morgan fingerprint density at radius 1 is 1.12 bits per heavy atom. The van der Waals surface area contributed by atoms with Crippen LogP contribution >= 0.6 is 11.6 Å². The monoisotopic (exact) mass is 466 g/mol. The third-order valence-corrected chi connectivity index (χ3v) is 5.77. The maximum absolute atomic E-state index is 12.3. The van der Waals surface area contributed by atoms with Crippen molar-refractivity contribution in [3.8, 4) is 22.8 Å². The standard InChI is InChI=1S/C21H19ClN8O3/c1-29-9-7-21(32,19(29)31)16-10-15(28-33-16)13-5-3-4-12(24-13)14-6-8-23-20(25-14)26-18-11-17(22)30(2)27-18/h3-6,8,10-11,32H,7,9H2,1-2H3,(H,23,25,26,27)/t21-/m1/s1. The van der Waals surface area contributed by atoms with E-state index < -0.39 is 11.5 Å². The van der Waals surface area contributed by atoms with Crippen LogP contribution in [-0.2, 0) is 17.4 Å². The average molecular weight is 467 g/mol. The fourth-order valence-corrected chi connectivity index (χ4v) is 3.72. The van der Waals surface area contributed by atoms with Crippen LogP contribution < -0.4 is 5.32 Å². The maximum atomic E-state index is 12.3. The molecule has 1 aliphatic heterocycles. The summed E-state index contributed by atoms with van der Waals surface area (Å²) in [5, 5.41) is 22.5. The lowest BCUT2D eigenvalue weighted by Gasteiger charge is -2.16. The third-order valence-electron chi connectivity index (χ3n) is 5.42. The number of rotatable bonds is 5. The number of aromatic nitrogens is 6. The molecule has 0 saturated carbocycles. The minimum absolute atomic E-state index is 0.0987. The van der Waals surface area contributed by atoms with Gasteiger partial charge in [-0.25, -0.2) is 15.0 Å². The molecule has 0 aromatic carbocycles. The highest BCUT2D eigenvalue weighted by atomic mass is 35.5. The Hall–Kier alpha value is -3.83. The summed E-state index contributed by atoms with van der Waals surface area (Å²) in [6.07, 6.45) is 1.85. The molecule has 0 radical (unpaired) electrons. The number of nitrogens with zero attached hydrogens (tertiary/aromatic N) is 7.